The van der Waals surface area contributed by atoms with Crippen LogP contribution in [-0.2, 0) is 10.3 Å². The Kier molecular flexibility index (Phi) is 3.69. The molecule has 0 aromatic heterocycles. The summed E-state index contributed by atoms with van der Waals surface area (Å²) in [6, 6.07) is 14.0. The lowest BCUT2D eigenvalue weighted by molar-refractivity contribution is 0.0224. The lowest BCUT2D eigenvalue weighted by atomic mass is 9.78. The Morgan fingerprint density at radius 2 is 1.48 bits per heavy atom. The third-order valence-corrected chi connectivity index (χ3v) is 6.36. The van der Waals surface area contributed by atoms with Crippen molar-refractivity contribution < 1.29 is 14.3 Å². The van der Waals surface area contributed by atoms with Crippen LogP contribution < -0.4 is 4.74 Å². The number of carbonyl (C=O) groups is 1. The molecule has 0 saturated carbocycles. The third kappa shape index (κ3) is 2.14. The van der Waals surface area contributed by atoms with Crippen LogP contribution in [0.25, 0.3) is 0 Å². The highest BCUT2D eigenvalue weighted by Crippen LogP contribution is 2.60. The topological polar surface area (TPSA) is 35.5 Å². The van der Waals surface area contributed by atoms with Crippen molar-refractivity contribution >= 4 is 52.4 Å². The van der Waals surface area contributed by atoms with Crippen molar-refractivity contribution in [2.45, 2.75) is 5.60 Å². The van der Waals surface area contributed by atoms with Crippen molar-refractivity contribution in [2.75, 3.05) is 0 Å². The van der Waals surface area contributed by atoms with E-state index in [-0.39, 0.29) is 20.8 Å². The smallest absolute Gasteiger partial charge is 0.340 e. The molecule has 0 saturated heterocycles. The number of ether oxygens (including phenoxy) is 2. The highest BCUT2D eigenvalue weighted by molar-refractivity contribution is 6.48. The predicted molar refractivity (Wildman–Crippen MR) is 105 cm³/mol. The summed E-state index contributed by atoms with van der Waals surface area (Å²) in [6.45, 7) is 0. The Balaban J connectivity index is 1.97. The summed E-state index contributed by atoms with van der Waals surface area (Å²) in [5.41, 5.74) is 0.931. The Bertz CT molecular complexity index is 1160. The van der Waals surface area contributed by atoms with E-state index in [4.69, 9.17) is 55.9 Å². The molecule has 27 heavy (non-hydrogen) atoms. The summed E-state index contributed by atoms with van der Waals surface area (Å²) < 4.78 is 12.0. The van der Waals surface area contributed by atoms with Gasteiger partial charge in [0.25, 0.3) is 0 Å². The number of fused-ring (bicyclic) bond motifs is 6. The van der Waals surface area contributed by atoms with Crippen molar-refractivity contribution in [2.24, 2.45) is 0 Å². The summed E-state index contributed by atoms with van der Waals surface area (Å²) in [5, 5.41) is 0.874. The third-order valence-electron chi connectivity index (χ3n) is 4.82. The van der Waals surface area contributed by atoms with Crippen molar-refractivity contribution in [1.29, 1.82) is 0 Å². The van der Waals surface area contributed by atoms with E-state index in [9.17, 15) is 4.79 Å². The molecule has 0 aliphatic carbocycles. The Morgan fingerprint density at radius 1 is 0.741 bits per heavy atom. The quantitative estimate of drug-likeness (QED) is 0.284. The summed E-state index contributed by atoms with van der Waals surface area (Å²) in [7, 11) is 0. The fourth-order valence-corrected chi connectivity index (χ4v) is 4.54. The highest BCUT2D eigenvalue weighted by atomic mass is 35.5. The molecular formula is C20H8Cl4O3. The first-order chi connectivity index (χ1) is 12.9. The van der Waals surface area contributed by atoms with E-state index < -0.39 is 11.6 Å². The van der Waals surface area contributed by atoms with Gasteiger partial charge in [-0.3, -0.25) is 0 Å². The number of benzene rings is 3. The standard InChI is InChI=1S/C20H8Cl4O3/c21-13-7-3-6-11-17(13)26-18-12(8-14(22)15(23)16(18)24)20(11)10-5-2-1-4-9(10)19(25)27-20/h1-8H. The fourth-order valence-electron chi connectivity index (χ4n) is 3.69. The molecule has 5 rings (SSSR count). The maximum absolute atomic E-state index is 12.7. The van der Waals surface area contributed by atoms with E-state index in [1.54, 1.807) is 36.4 Å². The van der Waals surface area contributed by atoms with Crippen LogP contribution in [0.4, 0.5) is 0 Å². The molecule has 0 fully saturated rings. The maximum atomic E-state index is 12.7. The highest BCUT2D eigenvalue weighted by Gasteiger charge is 2.54. The minimum Gasteiger partial charge on any atom is -0.453 e. The van der Waals surface area contributed by atoms with E-state index in [0.717, 1.165) is 0 Å². The van der Waals surface area contributed by atoms with Gasteiger partial charge in [-0.1, -0.05) is 76.7 Å². The zero-order chi connectivity index (χ0) is 18.9. The van der Waals surface area contributed by atoms with E-state index in [0.29, 0.717) is 33.0 Å². The molecular weight excluding hydrogens is 430 g/mol. The second-order valence-electron chi connectivity index (χ2n) is 6.20. The largest absolute Gasteiger partial charge is 0.453 e. The molecule has 2 aliphatic heterocycles. The SMILES string of the molecule is O=C1OC2(c3ccccc31)c1cccc(Cl)c1Oc1c2cc(Cl)c(Cl)c1Cl. The van der Waals surface area contributed by atoms with Crippen molar-refractivity contribution in [1.82, 2.24) is 0 Å². The molecule has 7 heteroatoms. The second kappa shape index (κ2) is 5.79. The second-order valence-corrected chi connectivity index (χ2v) is 7.77. The van der Waals surface area contributed by atoms with Gasteiger partial charge in [-0.15, -0.1) is 0 Å². The number of esters is 1. The van der Waals surface area contributed by atoms with Crippen LogP contribution in [-0.4, -0.2) is 5.97 Å². The molecule has 3 aromatic rings. The van der Waals surface area contributed by atoms with Crippen LogP contribution >= 0.6 is 46.4 Å². The predicted octanol–water partition coefficient (Wildman–Crippen LogP) is 6.87. The minimum absolute atomic E-state index is 0.129. The van der Waals surface area contributed by atoms with E-state index in [1.807, 2.05) is 12.1 Å². The van der Waals surface area contributed by atoms with E-state index >= 15 is 0 Å². The van der Waals surface area contributed by atoms with Crippen molar-refractivity contribution in [3.05, 3.63) is 90.9 Å². The van der Waals surface area contributed by atoms with Crippen LogP contribution in [0, 0.1) is 0 Å². The van der Waals surface area contributed by atoms with Crippen molar-refractivity contribution in [3.8, 4) is 11.5 Å². The van der Waals surface area contributed by atoms with Gasteiger partial charge in [0.2, 0.25) is 0 Å². The van der Waals surface area contributed by atoms with Crippen LogP contribution in [0.15, 0.2) is 48.5 Å². The Labute approximate surface area is 174 Å². The normalized spacial score (nSPS) is 19.2. The number of carbonyl (C=O) groups excluding carboxylic acids is 1. The lowest BCUT2D eigenvalue weighted by Crippen LogP contribution is -2.33. The van der Waals surface area contributed by atoms with Gasteiger partial charge in [-0.25, -0.2) is 4.79 Å². The molecule has 0 radical (unpaired) electrons. The molecule has 3 nitrogen and oxygen atoms in total. The molecule has 0 amide bonds. The Hall–Kier alpha value is -1.91. The fraction of sp³-hybridized carbons (Fsp3) is 0.0500. The first-order valence-corrected chi connectivity index (χ1v) is 9.44. The zero-order valence-corrected chi connectivity index (χ0v) is 16.4. The van der Waals surface area contributed by atoms with Gasteiger partial charge in [-0.05, 0) is 18.2 Å². The van der Waals surface area contributed by atoms with Crippen LogP contribution in [0.2, 0.25) is 20.1 Å². The molecule has 2 aliphatic rings. The number of hydrogen-bond acceptors (Lipinski definition) is 3. The van der Waals surface area contributed by atoms with Gasteiger partial charge in [0.05, 0.1) is 26.2 Å². The maximum Gasteiger partial charge on any atom is 0.340 e. The average Bonchev–Trinajstić information content (AvgIpc) is 2.96. The number of para-hydroxylation sites is 1. The molecule has 134 valence electrons. The van der Waals surface area contributed by atoms with Crippen LogP contribution in [0.5, 0.6) is 11.5 Å². The number of hydrogen-bond donors (Lipinski definition) is 0. The minimum atomic E-state index is -1.28. The summed E-state index contributed by atoms with van der Waals surface area (Å²) in [6.07, 6.45) is 0. The van der Waals surface area contributed by atoms with Crippen molar-refractivity contribution in [3.63, 3.8) is 0 Å². The van der Waals surface area contributed by atoms with Gasteiger partial charge in [-0.2, -0.15) is 0 Å². The van der Waals surface area contributed by atoms with Crippen LogP contribution in [0.1, 0.15) is 27.0 Å². The molecule has 2 heterocycles. The summed E-state index contributed by atoms with van der Waals surface area (Å²) >= 11 is 25.3. The van der Waals surface area contributed by atoms with Gasteiger partial charge in [0.1, 0.15) is 5.02 Å². The molecule has 3 aromatic carbocycles. The van der Waals surface area contributed by atoms with Gasteiger partial charge in [0, 0.05) is 11.1 Å². The van der Waals surface area contributed by atoms with E-state index in [1.165, 1.54) is 0 Å². The first kappa shape index (κ1) is 17.2. The average molecular weight is 438 g/mol. The van der Waals surface area contributed by atoms with Gasteiger partial charge < -0.3 is 9.47 Å². The summed E-state index contributed by atoms with van der Waals surface area (Å²) in [4.78, 5) is 12.7. The summed E-state index contributed by atoms with van der Waals surface area (Å²) in [5.74, 6) is 0.166. The monoisotopic (exact) mass is 436 g/mol. The molecule has 1 spiro atoms. The molecule has 1 atom stereocenters. The van der Waals surface area contributed by atoms with Crippen LogP contribution in [0.3, 0.4) is 0 Å². The molecule has 1 unspecified atom stereocenters. The first-order valence-electron chi connectivity index (χ1n) is 7.93. The Morgan fingerprint density at radius 3 is 2.30 bits per heavy atom. The molecule has 0 N–H and O–H groups in total. The zero-order valence-electron chi connectivity index (χ0n) is 13.4. The number of halogens is 4. The molecule has 0 bridgehead atoms. The van der Waals surface area contributed by atoms with Gasteiger partial charge in [0.15, 0.2) is 17.1 Å². The van der Waals surface area contributed by atoms with Gasteiger partial charge >= 0.3 is 5.97 Å². The number of rotatable bonds is 0. The van der Waals surface area contributed by atoms with E-state index in [2.05, 4.69) is 0 Å². The lowest BCUT2D eigenvalue weighted by Gasteiger charge is -2.37.